The van der Waals surface area contributed by atoms with Gasteiger partial charge >= 0.3 is 0 Å². The van der Waals surface area contributed by atoms with Crippen LogP contribution < -0.4 is 10.2 Å². The number of anilines is 4. The first-order chi connectivity index (χ1) is 20.8. The van der Waals surface area contributed by atoms with E-state index in [1.165, 1.54) is 61.7 Å². The van der Waals surface area contributed by atoms with Gasteiger partial charge in [0.05, 0.1) is 5.54 Å². The molecule has 2 nitrogen and oxygen atoms in total. The Kier molecular flexibility index (Phi) is 9.36. The summed E-state index contributed by atoms with van der Waals surface area (Å²) in [4.78, 5) is 2.36. The summed E-state index contributed by atoms with van der Waals surface area (Å²) in [7, 11) is 0. The molecule has 0 aliphatic rings. The quantitative estimate of drug-likeness (QED) is 0.171. The Morgan fingerprint density at radius 2 is 1.09 bits per heavy atom. The average molecular weight is 567 g/mol. The standard InChI is InChI=1S/C41H46N2/c1-7-41(8-2,42-39-26-14-30(3)28-32(39)5)36-22-18-34(19-23-36)16-17-35-20-24-38(25-21-35)43(37-12-10-9-11-13-37)40-27-15-31(4)29-33(40)6/h9-15,18-29,42H,7-8,16-17H2,1-6H3. The summed E-state index contributed by atoms with van der Waals surface area (Å²) in [6.45, 7) is 13.3. The van der Waals surface area contributed by atoms with Crippen molar-refractivity contribution < 1.29 is 0 Å². The second-order valence-corrected chi connectivity index (χ2v) is 12.1. The molecule has 0 aliphatic carbocycles. The van der Waals surface area contributed by atoms with Crippen molar-refractivity contribution in [2.45, 2.75) is 72.8 Å². The minimum Gasteiger partial charge on any atom is -0.375 e. The van der Waals surface area contributed by atoms with E-state index < -0.39 is 0 Å². The van der Waals surface area contributed by atoms with Gasteiger partial charge in [0.1, 0.15) is 0 Å². The number of benzene rings is 5. The molecule has 0 saturated heterocycles. The van der Waals surface area contributed by atoms with Crippen molar-refractivity contribution in [3.8, 4) is 0 Å². The van der Waals surface area contributed by atoms with Crippen LogP contribution >= 0.6 is 0 Å². The molecule has 0 radical (unpaired) electrons. The molecule has 2 heteroatoms. The summed E-state index contributed by atoms with van der Waals surface area (Å²) < 4.78 is 0. The second kappa shape index (κ2) is 13.3. The minimum absolute atomic E-state index is 0.0746. The van der Waals surface area contributed by atoms with Crippen molar-refractivity contribution in [1.82, 2.24) is 0 Å². The lowest BCUT2D eigenvalue weighted by atomic mass is 9.83. The van der Waals surface area contributed by atoms with E-state index in [1.54, 1.807) is 0 Å². The molecule has 43 heavy (non-hydrogen) atoms. The minimum atomic E-state index is -0.0746. The van der Waals surface area contributed by atoms with Crippen LogP contribution in [-0.2, 0) is 18.4 Å². The molecule has 0 spiro atoms. The first kappa shape index (κ1) is 30.2. The van der Waals surface area contributed by atoms with E-state index >= 15 is 0 Å². The molecule has 5 rings (SSSR count). The molecule has 0 amide bonds. The lowest BCUT2D eigenvalue weighted by Gasteiger charge is -2.35. The molecular weight excluding hydrogens is 520 g/mol. The Morgan fingerprint density at radius 1 is 0.558 bits per heavy atom. The molecule has 5 aromatic carbocycles. The SMILES string of the molecule is CCC(CC)(Nc1ccc(C)cc1C)c1ccc(CCc2ccc(N(c3ccccc3)c3ccc(C)cc3C)cc2)cc1. The van der Waals surface area contributed by atoms with Crippen molar-refractivity contribution in [2.75, 3.05) is 10.2 Å². The van der Waals surface area contributed by atoms with E-state index in [0.29, 0.717) is 0 Å². The topological polar surface area (TPSA) is 15.3 Å². The molecule has 0 heterocycles. The van der Waals surface area contributed by atoms with Gasteiger partial charge in [-0.25, -0.2) is 0 Å². The van der Waals surface area contributed by atoms with E-state index in [2.05, 4.69) is 167 Å². The Balaban J connectivity index is 1.30. The van der Waals surface area contributed by atoms with Crippen molar-refractivity contribution in [2.24, 2.45) is 0 Å². The molecule has 0 aliphatic heterocycles. The van der Waals surface area contributed by atoms with Crippen molar-refractivity contribution in [3.63, 3.8) is 0 Å². The van der Waals surface area contributed by atoms with Gasteiger partial charge in [-0.2, -0.15) is 0 Å². The fourth-order valence-corrected chi connectivity index (χ4v) is 6.27. The highest BCUT2D eigenvalue weighted by molar-refractivity contribution is 5.78. The summed E-state index contributed by atoms with van der Waals surface area (Å²) >= 11 is 0. The highest BCUT2D eigenvalue weighted by atomic mass is 15.1. The van der Waals surface area contributed by atoms with Gasteiger partial charge in [-0.15, -0.1) is 0 Å². The number of hydrogen-bond acceptors (Lipinski definition) is 2. The molecule has 0 unspecified atom stereocenters. The Bertz CT molecular complexity index is 1630. The lowest BCUT2D eigenvalue weighted by molar-refractivity contribution is 0.454. The molecule has 0 fully saturated rings. The van der Waals surface area contributed by atoms with E-state index in [9.17, 15) is 0 Å². The third-order valence-electron chi connectivity index (χ3n) is 8.97. The van der Waals surface area contributed by atoms with Gasteiger partial charge in [0.15, 0.2) is 0 Å². The van der Waals surface area contributed by atoms with Gasteiger partial charge < -0.3 is 10.2 Å². The van der Waals surface area contributed by atoms with Crippen LogP contribution in [0, 0.1) is 27.7 Å². The maximum Gasteiger partial charge on any atom is 0.0620 e. The monoisotopic (exact) mass is 566 g/mol. The predicted octanol–water partition coefficient (Wildman–Crippen LogP) is 11.3. The van der Waals surface area contributed by atoms with Crippen LogP contribution in [0.15, 0.2) is 115 Å². The fraction of sp³-hybridized carbons (Fsp3) is 0.268. The van der Waals surface area contributed by atoms with E-state index in [4.69, 9.17) is 0 Å². The van der Waals surface area contributed by atoms with E-state index in [0.717, 1.165) is 25.7 Å². The van der Waals surface area contributed by atoms with Crippen LogP contribution in [0.2, 0.25) is 0 Å². The van der Waals surface area contributed by atoms with Crippen LogP contribution in [0.4, 0.5) is 22.7 Å². The molecule has 0 saturated carbocycles. The molecular formula is C41H46N2. The largest absolute Gasteiger partial charge is 0.375 e. The third-order valence-corrected chi connectivity index (χ3v) is 8.97. The number of nitrogens with one attached hydrogen (secondary N) is 1. The zero-order valence-corrected chi connectivity index (χ0v) is 26.7. The molecule has 220 valence electrons. The molecule has 0 atom stereocenters. The van der Waals surface area contributed by atoms with Crippen molar-refractivity contribution >= 4 is 22.7 Å². The van der Waals surface area contributed by atoms with Gasteiger partial charge in [0.2, 0.25) is 0 Å². The summed E-state index contributed by atoms with van der Waals surface area (Å²) in [5, 5.41) is 3.92. The fourth-order valence-electron chi connectivity index (χ4n) is 6.27. The molecule has 0 bridgehead atoms. The van der Waals surface area contributed by atoms with Crippen molar-refractivity contribution in [3.05, 3.63) is 154 Å². The highest BCUT2D eigenvalue weighted by Crippen LogP contribution is 2.37. The van der Waals surface area contributed by atoms with Gasteiger partial charge in [-0.1, -0.05) is 104 Å². The van der Waals surface area contributed by atoms with Gasteiger partial charge in [-0.05, 0) is 118 Å². The first-order valence-electron chi connectivity index (χ1n) is 15.8. The molecule has 5 aromatic rings. The summed E-state index contributed by atoms with van der Waals surface area (Å²) in [5.41, 5.74) is 14.0. The summed E-state index contributed by atoms with van der Waals surface area (Å²) in [6, 6.07) is 42.5. The maximum atomic E-state index is 3.92. The van der Waals surface area contributed by atoms with Gasteiger partial charge in [-0.3, -0.25) is 0 Å². The van der Waals surface area contributed by atoms with Crippen LogP contribution in [0.25, 0.3) is 0 Å². The van der Waals surface area contributed by atoms with Crippen molar-refractivity contribution in [1.29, 1.82) is 0 Å². The number of nitrogens with zero attached hydrogens (tertiary/aromatic N) is 1. The Labute approximate surface area is 259 Å². The van der Waals surface area contributed by atoms with E-state index in [1.807, 2.05) is 0 Å². The Morgan fingerprint density at radius 3 is 1.65 bits per heavy atom. The zero-order chi connectivity index (χ0) is 30.4. The third kappa shape index (κ3) is 6.86. The normalized spacial score (nSPS) is 11.4. The zero-order valence-electron chi connectivity index (χ0n) is 26.7. The molecule has 0 aromatic heterocycles. The highest BCUT2D eigenvalue weighted by Gasteiger charge is 2.28. The summed E-state index contributed by atoms with van der Waals surface area (Å²) in [5.74, 6) is 0. The number of hydrogen-bond donors (Lipinski definition) is 1. The van der Waals surface area contributed by atoms with Crippen LogP contribution in [-0.4, -0.2) is 0 Å². The Hall–Kier alpha value is -4.30. The second-order valence-electron chi connectivity index (χ2n) is 12.1. The van der Waals surface area contributed by atoms with Crippen LogP contribution in [0.5, 0.6) is 0 Å². The number of para-hydroxylation sites is 1. The smallest absolute Gasteiger partial charge is 0.0620 e. The van der Waals surface area contributed by atoms with E-state index in [-0.39, 0.29) is 5.54 Å². The number of aryl methyl sites for hydroxylation is 6. The lowest BCUT2D eigenvalue weighted by Crippen LogP contribution is -2.34. The first-order valence-corrected chi connectivity index (χ1v) is 15.8. The van der Waals surface area contributed by atoms with Gasteiger partial charge in [0, 0.05) is 22.7 Å². The summed E-state index contributed by atoms with van der Waals surface area (Å²) in [6.07, 6.45) is 4.10. The maximum absolute atomic E-state index is 3.92. The van der Waals surface area contributed by atoms with Gasteiger partial charge in [0.25, 0.3) is 0 Å². The van der Waals surface area contributed by atoms with Crippen LogP contribution in [0.3, 0.4) is 0 Å². The number of rotatable bonds is 11. The molecule has 1 N–H and O–H groups in total. The predicted molar refractivity (Wildman–Crippen MR) is 186 cm³/mol. The average Bonchev–Trinajstić information content (AvgIpc) is 3.02. The van der Waals surface area contributed by atoms with Crippen LogP contribution in [0.1, 0.15) is 65.6 Å².